The van der Waals surface area contributed by atoms with Gasteiger partial charge in [-0.2, -0.15) is 10.3 Å². The van der Waals surface area contributed by atoms with Crippen LogP contribution in [0.15, 0.2) is 53.5 Å². The molecule has 2 aliphatic heterocycles. The molecule has 0 bridgehead atoms. The van der Waals surface area contributed by atoms with Crippen molar-refractivity contribution in [3.8, 4) is 11.8 Å². The van der Waals surface area contributed by atoms with Crippen molar-refractivity contribution in [2.45, 2.75) is 30.9 Å². The lowest BCUT2D eigenvalue weighted by Gasteiger charge is -2.27. The van der Waals surface area contributed by atoms with Crippen molar-refractivity contribution < 1.29 is 19.1 Å². The second-order valence-electron chi connectivity index (χ2n) is 8.15. The summed E-state index contributed by atoms with van der Waals surface area (Å²) in [4.78, 5) is 43.6. The number of amidine groups is 1. The number of likely N-dealkylation sites (tertiary alicyclic amines) is 1. The summed E-state index contributed by atoms with van der Waals surface area (Å²) < 4.78 is 5.24. The Labute approximate surface area is 207 Å². The molecule has 0 spiro atoms. The molecule has 0 saturated carbocycles. The van der Waals surface area contributed by atoms with E-state index in [2.05, 4.69) is 20.5 Å². The van der Waals surface area contributed by atoms with Crippen molar-refractivity contribution in [2.24, 2.45) is 4.99 Å². The number of thioether (sulfide) groups is 1. The number of carbonyl (C=O) groups excluding carboxylic acids is 3. The van der Waals surface area contributed by atoms with E-state index in [1.807, 2.05) is 6.07 Å². The van der Waals surface area contributed by atoms with Crippen molar-refractivity contribution in [3.63, 3.8) is 0 Å². The van der Waals surface area contributed by atoms with Crippen LogP contribution >= 0.6 is 11.8 Å². The number of benzene rings is 2. The lowest BCUT2D eigenvalue weighted by atomic mass is 10.1. The highest BCUT2D eigenvalue weighted by atomic mass is 32.2. The summed E-state index contributed by atoms with van der Waals surface area (Å²) >= 11 is 1.36. The van der Waals surface area contributed by atoms with Crippen molar-refractivity contribution in [3.05, 3.63) is 54.1 Å². The number of nitrogens with zero attached hydrogens (tertiary/aromatic N) is 3. The van der Waals surface area contributed by atoms with Gasteiger partial charge in [0.1, 0.15) is 17.1 Å². The van der Waals surface area contributed by atoms with E-state index in [1.54, 1.807) is 48.5 Å². The van der Waals surface area contributed by atoms with Gasteiger partial charge in [-0.1, -0.05) is 17.8 Å². The zero-order valence-electron chi connectivity index (χ0n) is 19.0. The van der Waals surface area contributed by atoms with Gasteiger partial charge in [0.15, 0.2) is 11.8 Å². The van der Waals surface area contributed by atoms with Gasteiger partial charge in [-0.3, -0.25) is 14.4 Å². The minimum Gasteiger partial charge on any atom is -0.479 e. The maximum Gasteiger partial charge on any atom is 0.262 e. The molecule has 1 atom stereocenters. The molecule has 2 heterocycles. The molecule has 2 N–H and O–H groups in total. The van der Waals surface area contributed by atoms with Crippen LogP contribution in [0.3, 0.4) is 0 Å². The SMILES string of the molecule is N#CCOc1cccc(NC(=O)c2ccc(NC(=O)CC3SC(N4CCCCC4)=NC3=O)cc2)c1. The Hall–Kier alpha value is -3.84. The summed E-state index contributed by atoms with van der Waals surface area (Å²) in [5.74, 6) is -0.386. The van der Waals surface area contributed by atoms with Crippen molar-refractivity contribution >= 4 is 46.0 Å². The quantitative estimate of drug-likeness (QED) is 0.606. The molecule has 0 aromatic heterocycles. The number of piperidine rings is 1. The predicted octanol–water partition coefficient (Wildman–Crippen LogP) is 3.65. The Morgan fingerprint density at radius 2 is 1.86 bits per heavy atom. The van der Waals surface area contributed by atoms with Gasteiger partial charge in [0.25, 0.3) is 11.8 Å². The standard InChI is InChI=1S/C25H25N5O4S/c26-11-14-34-20-6-4-5-19(15-20)28-23(32)17-7-9-18(10-8-17)27-22(31)16-21-24(33)29-25(35-21)30-12-2-1-3-13-30/h4-10,15,21H,1-3,12-14,16H2,(H,27,31)(H,28,32). The first-order valence-electron chi connectivity index (χ1n) is 11.4. The third kappa shape index (κ3) is 6.61. The average Bonchev–Trinajstić information content (AvgIpc) is 3.23. The molecule has 2 aliphatic rings. The number of carbonyl (C=O) groups is 3. The first-order valence-corrected chi connectivity index (χ1v) is 12.2. The molecule has 4 rings (SSSR count). The third-order valence-corrected chi connectivity index (χ3v) is 6.77. The molecule has 0 radical (unpaired) electrons. The van der Waals surface area contributed by atoms with Crippen LogP contribution in [0.4, 0.5) is 11.4 Å². The molecule has 2 aromatic carbocycles. The number of aliphatic imine (C=N–C) groups is 1. The van der Waals surface area contributed by atoms with Gasteiger partial charge < -0.3 is 20.3 Å². The molecule has 2 aromatic rings. The first-order chi connectivity index (χ1) is 17.0. The molecule has 180 valence electrons. The van der Waals surface area contributed by atoms with Gasteiger partial charge in [0.05, 0.1) is 0 Å². The lowest BCUT2D eigenvalue weighted by molar-refractivity contribution is -0.121. The Kier molecular flexibility index (Phi) is 8.00. The number of nitrogens with one attached hydrogen (secondary N) is 2. The minimum absolute atomic E-state index is 0.0385. The van der Waals surface area contributed by atoms with Gasteiger partial charge in [0, 0.05) is 42.5 Å². The maximum absolute atomic E-state index is 12.6. The fourth-order valence-corrected chi connectivity index (χ4v) is 4.91. The third-order valence-electron chi connectivity index (χ3n) is 5.55. The summed E-state index contributed by atoms with van der Waals surface area (Å²) in [6, 6.07) is 15.1. The summed E-state index contributed by atoms with van der Waals surface area (Å²) in [7, 11) is 0. The second kappa shape index (κ2) is 11.5. The van der Waals surface area contributed by atoms with Gasteiger partial charge in [-0.15, -0.1) is 0 Å². The molecule has 3 amide bonds. The molecule has 10 heteroatoms. The predicted molar refractivity (Wildman–Crippen MR) is 134 cm³/mol. The zero-order chi connectivity index (χ0) is 24.6. The Balaban J connectivity index is 1.27. The maximum atomic E-state index is 12.6. The molecule has 1 saturated heterocycles. The van der Waals surface area contributed by atoms with E-state index in [9.17, 15) is 14.4 Å². The molecular weight excluding hydrogens is 466 g/mol. The second-order valence-corrected chi connectivity index (χ2v) is 9.32. The highest BCUT2D eigenvalue weighted by Gasteiger charge is 2.33. The van der Waals surface area contributed by atoms with E-state index in [0.717, 1.165) is 31.1 Å². The fraction of sp³-hybridized carbons (Fsp3) is 0.320. The van der Waals surface area contributed by atoms with Crippen LogP contribution in [0, 0.1) is 11.3 Å². The van der Waals surface area contributed by atoms with E-state index in [0.29, 0.717) is 22.7 Å². The van der Waals surface area contributed by atoms with Crippen LogP contribution < -0.4 is 15.4 Å². The van der Waals surface area contributed by atoms with Gasteiger partial charge in [-0.25, -0.2) is 0 Å². The Morgan fingerprint density at radius 3 is 2.60 bits per heavy atom. The number of anilines is 2. The monoisotopic (exact) mass is 491 g/mol. The molecule has 1 unspecified atom stereocenters. The number of amides is 3. The number of nitriles is 1. The molecular formula is C25H25N5O4S. The average molecular weight is 492 g/mol. The van der Waals surface area contributed by atoms with E-state index in [1.165, 1.54) is 18.2 Å². The van der Waals surface area contributed by atoms with Crippen LogP contribution in [-0.4, -0.2) is 52.7 Å². The van der Waals surface area contributed by atoms with Crippen molar-refractivity contribution in [2.75, 3.05) is 30.3 Å². The topological polar surface area (TPSA) is 124 Å². The highest BCUT2D eigenvalue weighted by Crippen LogP contribution is 2.29. The summed E-state index contributed by atoms with van der Waals surface area (Å²) in [5.41, 5.74) is 1.48. The van der Waals surface area contributed by atoms with Gasteiger partial charge in [0.2, 0.25) is 5.91 Å². The first kappa shape index (κ1) is 24.3. The minimum atomic E-state index is -0.509. The van der Waals surface area contributed by atoms with Gasteiger partial charge >= 0.3 is 0 Å². The fourth-order valence-electron chi connectivity index (χ4n) is 3.80. The number of ether oxygens (including phenoxy) is 1. The number of hydrogen-bond donors (Lipinski definition) is 2. The molecule has 1 fully saturated rings. The van der Waals surface area contributed by atoms with Crippen molar-refractivity contribution in [1.82, 2.24) is 4.90 Å². The summed E-state index contributed by atoms with van der Waals surface area (Å²) in [5, 5.41) is 14.4. The van der Waals surface area contributed by atoms with Crippen LogP contribution in [0.5, 0.6) is 5.75 Å². The zero-order valence-corrected chi connectivity index (χ0v) is 19.8. The van der Waals surface area contributed by atoms with Gasteiger partial charge in [-0.05, 0) is 55.7 Å². The smallest absolute Gasteiger partial charge is 0.262 e. The number of hydrogen-bond acceptors (Lipinski definition) is 7. The summed E-state index contributed by atoms with van der Waals surface area (Å²) in [6.45, 7) is 1.72. The Bertz CT molecular complexity index is 1170. The van der Waals surface area contributed by atoms with Crippen LogP contribution in [-0.2, 0) is 9.59 Å². The molecule has 9 nitrogen and oxygen atoms in total. The lowest BCUT2D eigenvalue weighted by Crippen LogP contribution is -2.33. The van der Waals surface area contributed by atoms with Crippen LogP contribution in [0.2, 0.25) is 0 Å². The molecule has 0 aliphatic carbocycles. The Morgan fingerprint density at radius 1 is 1.09 bits per heavy atom. The molecule has 35 heavy (non-hydrogen) atoms. The van der Waals surface area contributed by atoms with E-state index in [-0.39, 0.29) is 30.7 Å². The largest absolute Gasteiger partial charge is 0.479 e. The van der Waals surface area contributed by atoms with Crippen molar-refractivity contribution in [1.29, 1.82) is 5.26 Å². The van der Waals surface area contributed by atoms with E-state index < -0.39 is 5.25 Å². The van der Waals surface area contributed by atoms with E-state index >= 15 is 0 Å². The number of rotatable bonds is 7. The normalized spacial score (nSPS) is 17.3. The van der Waals surface area contributed by atoms with E-state index in [4.69, 9.17) is 10.00 Å². The summed E-state index contributed by atoms with van der Waals surface area (Å²) in [6.07, 6.45) is 3.42. The highest BCUT2D eigenvalue weighted by molar-refractivity contribution is 8.15. The van der Waals surface area contributed by atoms with Crippen LogP contribution in [0.25, 0.3) is 0 Å². The van der Waals surface area contributed by atoms with Crippen LogP contribution in [0.1, 0.15) is 36.0 Å².